The van der Waals surface area contributed by atoms with Gasteiger partial charge in [-0.2, -0.15) is 0 Å². The predicted octanol–water partition coefficient (Wildman–Crippen LogP) is 3.52. The number of carbonyl (C=O) groups is 1. The van der Waals surface area contributed by atoms with Gasteiger partial charge in [0, 0.05) is 36.3 Å². The van der Waals surface area contributed by atoms with E-state index in [0.717, 1.165) is 29.7 Å². The van der Waals surface area contributed by atoms with E-state index >= 15 is 0 Å². The normalized spacial score (nSPS) is 14.8. The quantitative estimate of drug-likeness (QED) is 0.387. The van der Waals surface area contributed by atoms with Gasteiger partial charge in [0.1, 0.15) is 6.67 Å². The molecule has 1 amide bonds. The second-order valence-corrected chi connectivity index (χ2v) is 5.93. The standard InChI is InChI=1S/C18H30FN3O/c1-7-13(4)8-17(21-6)15(10-20)16(12(2)3)11-22-18(23)14(5)9-19/h10-13H,5,7-9,20H2,1-4,6H3,(H,22,23)/b15-10?,16-11+,21-17?. The van der Waals surface area contributed by atoms with Crippen LogP contribution < -0.4 is 11.1 Å². The third-order valence-corrected chi connectivity index (χ3v) is 3.76. The highest BCUT2D eigenvalue weighted by molar-refractivity contribution is 6.04. The average molecular weight is 323 g/mol. The summed E-state index contributed by atoms with van der Waals surface area (Å²) >= 11 is 0. The van der Waals surface area contributed by atoms with Crippen LogP contribution >= 0.6 is 0 Å². The molecule has 0 spiro atoms. The molecular formula is C18H30FN3O. The van der Waals surface area contributed by atoms with Crippen molar-refractivity contribution in [3.63, 3.8) is 0 Å². The summed E-state index contributed by atoms with van der Waals surface area (Å²) in [6, 6.07) is 0. The second-order valence-electron chi connectivity index (χ2n) is 5.93. The number of alkyl halides is 1. The number of rotatable bonds is 9. The third-order valence-electron chi connectivity index (χ3n) is 3.76. The largest absolute Gasteiger partial charge is 0.404 e. The first kappa shape index (κ1) is 21.1. The Hall–Kier alpha value is -1.91. The molecule has 0 saturated heterocycles. The molecule has 0 heterocycles. The van der Waals surface area contributed by atoms with E-state index in [1.165, 1.54) is 6.20 Å². The number of allylic oxidation sites excluding steroid dienone is 2. The van der Waals surface area contributed by atoms with E-state index in [2.05, 4.69) is 30.7 Å². The van der Waals surface area contributed by atoms with E-state index in [4.69, 9.17) is 5.73 Å². The van der Waals surface area contributed by atoms with Crippen LogP contribution in [0.25, 0.3) is 0 Å². The molecule has 130 valence electrons. The fraction of sp³-hybridized carbons (Fsp3) is 0.556. The first-order valence-electron chi connectivity index (χ1n) is 7.95. The van der Waals surface area contributed by atoms with E-state index in [0.29, 0.717) is 5.92 Å². The van der Waals surface area contributed by atoms with E-state index in [1.54, 1.807) is 13.2 Å². The summed E-state index contributed by atoms with van der Waals surface area (Å²) in [6.07, 6.45) is 4.96. The van der Waals surface area contributed by atoms with Crippen LogP contribution in [0.2, 0.25) is 0 Å². The molecule has 0 aromatic heterocycles. The maximum atomic E-state index is 12.5. The lowest BCUT2D eigenvalue weighted by Crippen LogP contribution is -2.23. The van der Waals surface area contributed by atoms with Crippen molar-refractivity contribution < 1.29 is 9.18 Å². The Kier molecular flexibility index (Phi) is 9.86. The molecule has 0 aliphatic heterocycles. The number of halogens is 1. The minimum Gasteiger partial charge on any atom is -0.404 e. The van der Waals surface area contributed by atoms with Crippen LogP contribution in [0.15, 0.2) is 40.7 Å². The second kappa shape index (κ2) is 10.8. The lowest BCUT2D eigenvalue weighted by Gasteiger charge is -2.19. The van der Waals surface area contributed by atoms with Gasteiger partial charge in [-0.3, -0.25) is 9.79 Å². The summed E-state index contributed by atoms with van der Waals surface area (Å²) in [4.78, 5) is 16.1. The Labute approximate surface area is 139 Å². The third kappa shape index (κ3) is 6.80. The van der Waals surface area contributed by atoms with Crippen molar-refractivity contribution >= 4 is 11.6 Å². The molecule has 0 rings (SSSR count). The molecule has 0 aliphatic carbocycles. The fourth-order valence-electron chi connectivity index (χ4n) is 2.02. The van der Waals surface area contributed by atoms with Gasteiger partial charge in [-0.1, -0.05) is 40.7 Å². The van der Waals surface area contributed by atoms with Gasteiger partial charge in [0.2, 0.25) is 0 Å². The Morgan fingerprint density at radius 2 is 2.00 bits per heavy atom. The molecule has 0 aromatic rings. The van der Waals surface area contributed by atoms with Crippen molar-refractivity contribution in [1.82, 2.24) is 5.32 Å². The molecule has 0 fully saturated rings. The Balaban J connectivity index is 5.47. The Morgan fingerprint density at radius 1 is 1.39 bits per heavy atom. The monoisotopic (exact) mass is 323 g/mol. The summed E-state index contributed by atoms with van der Waals surface area (Å²) in [5, 5.41) is 2.58. The van der Waals surface area contributed by atoms with Gasteiger partial charge in [-0.25, -0.2) is 4.39 Å². The number of carbonyl (C=O) groups excluding carboxylic acids is 1. The van der Waals surface area contributed by atoms with Crippen LogP contribution in [0.3, 0.4) is 0 Å². The molecule has 0 aliphatic rings. The van der Waals surface area contributed by atoms with Gasteiger partial charge in [-0.15, -0.1) is 0 Å². The maximum absolute atomic E-state index is 12.5. The smallest absolute Gasteiger partial charge is 0.253 e. The van der Waals surface area contributed by atoms with Gasteiger partial charge < -0.3 is 11.1 Å². The SMILES string of the molecule is C=C(CF)C(=O)N/C=C(/C(=CN)C(CC(C)CC)=NC)C(C)C. The molecule has 1 atom stereocenters. The van der Waals surface area contributed by atoms with Crippen molar-refractivity contribution in [2.24, 2.45) is 22.6 Å². The van der Waals surface area contributed by atoms with Crippen LogP contribution in [-0.4, -0.2) is 25.3 Å². The minimum absolute atomic E-state index is 0.105. The molecule has 0 radical (unpaired) electrons. The summed E-state index contributed by atoms with van der Waals surface area (Å²) in [5.41, 5.74) is 8.29. The van der Waals surface area contributed by atoms with Gasteiger partial charge in [0.25, 0.3) is 5.91 Å². The number of hydrogen-bond donors (Lipinski definition) is 2. The first-order chi connectivity index (χ1) is 10.8. The van der Waals surface area contributed by atoms with E-state index < -0.39 is 12.6 Å². The predicted molar refractivity (Wildman–Crippen MR) is 95.9 cm³/mol. The van der Waals surface area contributed by atoms with E-state index in [-0.39, 0.29) is 11.5 Å². The molecule has 0 bridgehead atoms. The highest BCUT2D eigenvalue weighted by Crippen LogP contribution is 2.23. The summed E-state index contributed by atoms with van der Waals surface area (Å²) in [6.45, 7) is 10.8. The van der Waals surface area contributed by atoms with Crippen LogP contribution in [0.1, 0.15) is 40.5 Å². The lowest BCUT2D eigenvalue weighted by molar-refractivity contribution is -0.116. The zero-order chi connectivity index (χ0) is 18.0. The molecule has 5 heteroatoms. The number of aliphatic imine (C=N–C) groups is 1. The molecule has 23 heavy (non-hydrogen) atoms. The minimum atomic E-state index is -0.869. The number of nitrogens with zero attached hydrogens (tertiary/aromatic N) is 1. The van der Waals surface area contributed by atoms with Crippen molar-refractivity contribution in [3.05, 3.63) is 35.7 Å². The number of nitrogens with one attached hydrogen (secondary N) is 1. The summed E-state index contributed by atoms with van der Waals surface area (Å²) < 4.78 is 12.5. The van der Waals surface area contributed by atoms with Crippen molar-refractivity contribution in [2.45, 2.75) is 40.5 Å². The van der Waals surface area contributed by atoms with Gasteiger partial charge in [-0.05, 0) is 23.8 Å². The molecule has 1 unspecified atom stereocenters. The van der Waals surface area contributed by atoms with Gasteiger partial charge >= 0.3 is 0 Å². The molecule has 4 nitrogen and oxygen atoms in total. The average Bonchev–Trinajstić information content (AvgIpc) is 2.54. The zero-order valence-corrected chi connectivity index (χ0v) is 14.9. The molecule has 0 saturated carbocycles. The lowest BCUT2D eigenvalue weighted by atomic mass is 9.88. The Bertz CT molecular complexity index is 504. The zero-order valence-electron chi connectivity index (χ0n) is 14.9. The molecule has 3 N–H and O–H groups in total. The van der Waals surface area contributed by atoms with E-state index in [1.807, 2.05) is 13.8 Å². The maximum Gasteiger partial charge on any atom is 0.253 e. The van der Waals surface area contributed by atoms with Crippen LogP contribution in [0.4, 0.5) is 4.39 Å². The highest BCUT2D eigenvalue weighted by atomic mass is 19.1. The van der Waals surface area contributed by atoms with Crippen LogP contribution in [0.5, 0.6) is 0 Å². The van der Waals surface area contributed by atoms with Crippen molar-refractivity contribution in [3.8, 4) is 0 Å². The van der Waals surface area contributed by atoms with Gasteiger partial charge in [0.15, 0.2) is 0 Å². The van der Waals surface area contributed by atoms with Gasteiger partial charge in [0.05, 0.1) is 0 Å². The highest BCUT2D eigenvalue weighted by Gasteiger charge is 2.17. The van der Waals surface area contributed by atoms with Crippen molar-refractivity contribution in [1.29, 1.82) is 0 Å². The van der Waals surface area contributed by atoms with Crippen LogP contribution in [0, 0.1) is 11.8 Å². The number of hydrogen-bond acceptors (Lipinski definition) is 3. The topological polar surface area (TPSA) is 67.5 Å². The summed E-state index contributed by atoms with van der Waals surface area (Å²) in [7, 11) is 1.74. The summed E-state index contributed by atoms with van der Waals surface area (Å²) in [5.74, 6) is 0.0781. The van der Waals surface area contributed by atoms with Crippen LogP contribution in [-0.2, 0) is 4.79 Å². The fourth-order valence-corrected chi connectivity index (χ4v) is 2.02. The number of amides is 1. The molecule has 0 aromatic carbocycles. The molecular weight excluding hydrogens is 293 g/mol. The first-order valence-corrected chi connectivity index (χ1v) is 7.95. The Morgan fingerprint density at radius 3 is 2.39 bits per heavy atom. The van der Waals surface area contributed by atoms with E-state index in [9.17, 15) is 9.18 Å². The number of nitrogens with two attached hydrogens (primary N) is 1. The van der Waals surface area contributed by atoms with Crippen molar-refractivity contribution in [2.75, 3.05) is 13.7 Å².